The van der Waals surface area contributed by atoms with Gasteiger partial charge in [0.2, 0.25) is 0 Å². The predicted molar refractivity (Wildman–Crippen MR) is 76.0 cm³/mol. The van der Waals surface area contributed by atoms with Crippen LogP contribution in [-0.4, -0.2) is 22.3 Å². The van der Waals surface area contributed by atoms with Crippen molar-refractivity contribution in [2.75, 3.05) is 0 Å². The van der Waals surface area contributed by atoms with Crippen LogP contribution in [0.15, 0.2) is 47.6 Å². The summed E-state index contributed by atoms with van der Waals surface area (Å²) >= 11 is 0. The van der Waals surface area contributed by atoms with Crippen LogP contribution < -0.4 is 5.43 Å². The van der Waals surface area contributed by atoms with Crippen molar-refractivity contribution in [1.29, 1.82) is 0 Å². The summed E-state index contributed by atoms with van der Waals surface area (Å²) in [5.41, 5.74) is 4.52. The van der Waals surface area contributed by atoms with Gasteiger partial charge in [-0.3, -0.25) is 4.79 Å². The number of hydrogen-bond donors (Lipinski definition) is 3. The number of carbonyl (C=O) groups excluding carboxylic acids is 1. The number of hydrogen-bond acceptors (Lipinski definition) is 4. The van der Waals surface area contributed by atoms with Crippen LogP contribution in [0.4, 0.5) is 0 Å². The highest BCUT2D eigenvalue weighted by atomic mass is 16.3. The van der Waals surface area contributed by atoms with Crippen LogP contribution in [0.3, 0.4) is 0 Å². The van der Waals surface area contributed by atoms with Crippen molar-refractivity contribution in [3.8, 4) is 11.5 Å². The zero-order valence-electron chi connectivity index (χ0n) is 10.9. The van der Waals surface area contributed by atoms with Gasteiger partial charge in [0.15, 0.2) is 11.5 Å². The Labute approximate surface area is 116 Å². The van der Waals surface area contributed by atoms with Gasteiger partial charge in [-0.2, -0.15) is 5.10 Å². The zero-order chi connectivity index (χ0) is 14.5. The van der Waals surface area contributed by atoms with E-state index < -0.39 is 5.91 Å². The summed E-state index contributed by atoms with van der Waals surface area (Å²) < 4.78 is 0. The summed E-state index contributed by atoms with van der Waals surface area (Å²) in [5, 5.41) is 22.4. The van der Waals surface area contributed by atoms with E-state index in [9.17, 15) is 9.90 Å². The number of nitrogens with zero attached hydrogens (tertiary/aromatic N) is 1. The first kappa shape index (κ1) is 13.6. The highest BCUT2D eigenvalue weighted by Gasteiger charge is 2.07. The van der Waals surface area contributed by atoms with E-state index in [-0.39, 0.29) is 17.1 Å². The Morgan fingerprint density at radius 3 is 2.60 bits per heavy atom. The Balaban J connectivity index is 2.05. The molecule has 0 fully saturated rings. The van der Waals surface area contributed by atoms with Crippen LogP contribution in [-0.2, 0) is 0 Å². The highest BCUT2D eigenvalue weighted by molar-refractivity contribution is 5.95. The smallest absolute Gasteiger partial charge is 0.271 e. The lowest BCUT2D eigenvalue weighted by Gasteiger charge is -2.02. The number of hydrazone groups is 1. The van der Waals surface area contributed by atoms with Crippen molar-refractivity contribution in [3.63, 3.8) is 0 Å². The second kappa shape index (κ2) is 5.88. The number of nitrogens with one attached hydrogen (secondary N) is 1. The second-order valence-electron chi connectivity index (χ2n) is 4.26. The number of aromatic hydroxyl groups is 2. The molecule has 3 N–H and O–H groups in total. The van der Waals surface area contributed by atoms with Crippen molar-refractivity contribution in [3.05, 3.63) is 59.2 Å². The van der Waals surface area contributed by atoms with Gasteiger partial charge >= 0.3 is 0 Å². The molecule has 5 heteroatoms. The van der Waals surface area contributed by atoms with E-state index in [0.717, 1.165) is 11.1 Å². The van der Waals surface area contributed by atoms with E-state index in [1.807, 2.05) is 31.2 Å². The summed E-state index contributed by atoms with van der Waals surface area (Å²) in [4.78, 5) is 11.8. The van der Waals surface area contributed by atoms with E-state index in [2.05, 4.69) is 10.5 Å². The molecule has 2 aromatic carbocycles. The minimum atomic E-state index is -0.467. The summed E-state index contributed by atoms with van der Waals surface area (Å²) in [6, 6.07) is 11.5. The molecule has 2 rings (SSSR count). The van der Waals surface area contributed by atoms with E-state index in [1.165, 1.54) is 18.2 Å². The number of aryl methyl sites for hydroxylation is 1. The second-order valence-corrected chi connectivity index (χ2v) is 4.26. The Morgan fingerprint density at radius 2 is 1.90 bits per heavy atom. The van der Waals surface area contributed by atoms with Crippen LogP contribution in [0, 0.1) is 6.92 Å². The molecule has 0 aliphatic carbocycles. The lowest BCUT2D eigenvalue weighted by molar-refractivity contribution is 0.0954. The Morgan fingerprint density at radius 1 is 1.15 bits per heavy atom. The van der Waals surface area contributed by atoms with Crippen LogP contribution in [0.25, 0.3) is 0 Å². The standard InChI is InChI=1S/C15H14N2O3/c1-10-4-2-3-5-12(10)9-16-17-15(20)11-6-7-13(18)14(19)8-11/h2-9,18-19H,1H3,(H,17,20)/b16-9+. The summed E-state index contributed by atoms with van der Waals surface area (Å²) in [5.74, 6) is -1.09. The van der Waals surface area contributed by atoms with Gasteiger partial charge in [0, 0.05) is 5.56 Å². The van der Waals surface area contributed by atoms with E-state index >= 15 is 0 Å². The van der Waals surface area contributed by atoms with Gasteiger partial charge < -0.3 is 10.2 Å². The van der Waals surface area contributed by atoms with Crippen molar-refractivity contribution < 1.29 is 15.0 Å². The predicted octanol–water partition coefficient (Wildman–Crippen LogP) is 2.17. The fourth-order valence-corrected chi connectivity index (χ4v) is 1.62. The third-order valence-electron chi connectivity index (χ3n) is 2.80. The van der Waals surface area contributed by atoms with Gasteiger partial charge in [-0.15, -0.1) is 0 Å². The first-order chi connectivity index (χ1) is 9.58. The Kier molecular flexibility index (Phi) is 4.00. The minimum absolute atomic E-state index is 0.210. The molecule has 5 nitrogen and oxygen atoms in total. The lowest BCUT2D eigenvalue weighted by atomic mass is 10.1. The number of phenols is 2. The normalized spacial score (nSPS) is 10.7. The van der Waals surface area contributed by atoms with Gasteiger partial charge in [0.1, 0.15) is 0 Å². The fraction of sp³-hybridized carbons (Fsp3) is 0.0667. The summed E-state index contributed by atoms with van der Waals surface area (Å²) in [7, 11) is 0. The molecule has 0 heterocycles. The summed E-state index contributed by atoms with van der Waals surface area (Å²) in [6.45, 7) is 1.95. The molecule has 0 unspecified atom stereocenters. The molecule has 0 aliphatic heterocycles. The molecule has 0 aromatic heterocycles. The molecule has 20 heavy (non-hydrogen) atoms. The maximum Gasteiger partial charge on any atom is 0.271 e. The zero-order valence-corrected chi connectivity index (χ0v) is 10.9. The van der Waals surface area contributed by atoms with Crippen molar-refractivity contribution in [2.45, 2.75) is 6.92 Å². The van der Waals surface area contributed by atoms with Crippen LogP contribution in [0.5, 0.6) is 11.5 Å². The SMILES string of the molecule is Cc1ccccc1/C=N/NC(=O)c1ccc(O)c(O)c1. The molecule has 0 atom stereocenters. The lowest BCUT2D eigenvalue weighted by Crippen LogP contribution is -2.17. The third kappa shape index (κ3) is 3.14. The highest BCUT2D eigenvalue weighted by Crippen LogP contribution is 2.24. The van der Waals surface area contributed by atoms with Crippen molar-refractivity contribution >= 4 is 12.1 Å². The molecule has 0 saturated heterocycles. The van der Waals surface area contributed by atoms with Gasteiger partial charge in [-0.25, -0.2) is 5.43 Å². The topological polar surface area (TPSA) is 81.9 Å². The number of amides is 1. The Hall–Kier alpha value is -2.82. The fourth-order valence-electron chi connectivity index (χ4n) is 1.62. The number of benzene rings is 2. The average molecular weight is 270 g/mol. The van der Waals surface area contributed by atoms with E-state index in [4.69, 9.17) is 5.11 Å². The van der Waals surface area contributed by atoms with Crippen LogP contribution in [0.2, 0.25) is 0 Å². The summed E-state index contributed by atoms with van der Waals surface area (Å²) in [6.07, 6.45) is 1.55. The molecular formula is C15H14N2O3. The number of rotatable bonds is 3. The molecule has 0 aliphatic rings. The van der Waals surface area contributed by atoms with Gasteiger partial charge in [-0.05, 0) is 36.2 Å². The molecule has 0 saturated carbocycles. The maximum atomic E-state index is 11.8. The Bertz CT molecular complexity index is 666. The van der Waals surface area contributed by atoms with Crippen LogP contribution >= 0.6 is 0 Å². The molecule has 0 radical (unpaired) electrons. The molecular weight excluding hydrogens is 256 g/mol. The van der Waals surface area contributed by atoms with Gasteiger partial charge in [-0.1, -0.05) is 24.3 Å². The van der Waals surface area contributed by atoms with Crippen LogP contribution in [0.1, 0.15) is 21.5 Å². The van der Waals surface area contributed by atoms with Crippen molar-refractivity contribution in [1.82, 2.24) is 5.43 Å². The molecule has 0 spiro atoms. The van der Waals surface area contributed by atoms with Crippen molar-refractivity contribution in [2.24, 2.45) is 5.10 Å². The molecule has 1 amide bonds. The first-order valence-electron chi connectivity index (χ1n) is 5.99. The molecule has 2 aromatic rings. The maximum absolute atomic E-state index is 11.8. The molecule has 0 bridgehead atoms. The van der Waals surface area contributed by atoms with Gasteiger partial charge in [0.05, 0.1) is 6.21 Å². The first-order valence-corrected chi connectivity index (χ1v) is 5.99. The largest absolute Gasteiger partial charge is 0.504 e. The van der Waals surface area contributed by atoms with Gasteiger partial charge in [0.25, 0.3) is 5.91 Å². The quantitative estimate of drug-likeness (QED) is 0.454. The third-order valence-corrected chi connectivity index (χ3v) is 2.80. The number of carbonyl (C=O) groups is 1. The van der Waals surface area contributed by atoms with E-state index in [1.54, 1.807) is 6.21 Å². The average Bonchev–Trinajstić information content (AvgIpc) is 2.44. The number of phenolic OH excluding ortho intramolecular Hbond substituents is 2. The molecule has 102 valence electrons. The monoisotopic (exact) mass is 270 g/mol. The van der Waals surface area contributed by atoms with E-state index in [0.29, 0.717) is 0 Å². The minimum Gasteiger partial charge on any atom is -0.504 e.